The summed E-state index contributed by atoms with van der Waals surface area (Å²) in [6.07, 6.45) is 0. The van der Waals surface area contributed by atoms with Gasteiger partial charge in [-0.2, -0.15) is 0 Å². The first kappa shape index (κ1) is 16.5. The molecule has 0 amide bonds. The Morgan fingerprint density at radius 2 is 1.86 bits per heavy atom. The first-order valence-electron chi connectivity index (χ1n) is 6.89. The van der Waals surface area contributed by atoms with Crippen molar-refractivity contribution in [2.45, 2.75) is 19.9 Å². The molecule has 0 spiro atoms. The van der Waals surface area contributed by atoms with E-state index >= 15 is 0 Å². The summed E-state index contributed by atoms with van der Waals surface area (Å²) in [6.45, 7) is 5.13. The van der Waals surface area contributed by atoms with Crippen LogP contribution in [-0.4, -0.2) is 13.7 Å². The fraction of sp³-hybridized carbons (Fsp3) is 0.294. The van der Waals surface area contributed by atoms with E-state index in [1.165, 1.54) is 16.7 Å². The van der Waals surface area contributed by atoms with E-state index in [9.17, 15) is 0 Å². The van der Waals surface area contributed by atoms with E-state index in [-0.39, 0.29) is 6.04 Å². The van der Waals surface area contributed by atoms with Crippen molar-refractivity contribution in [3.05, 3.63) is 62.0 Å². The Labute approximate surface area is 143 Å². The fourth-order valence-corrected chi connectivity index (χ4v) is 3.39. The quantitative estimate of drug-likeness (QED) is 0.725. The Kier molecular flexibility index (Phi) is 5.85. The van der Waals surface area contributed by atoms with Gasteiger partial charge in [0.2, 0.25) is 0 Å². The van der Waals surface area contributed by atoms with Crippen molar-refractivity contribution in [2.75, 3.05) is 13.7 Å². The predicted molar refractivity (Wildman–Crippen MR) is 95.1 cm³/mol. The van der Waals surface area contributed by atoms with Gasteiger partial charge in [0.1, 0.15) is 5.75 Å². The van der Waals surface area contributed by atoms with Gasteiger partial charge in [-0.25, -0.2) is 0 Å². The summed E-state index contributed by atoms with van der Waals surface area (Å²) >= 11 is 7.24. The molecule has 0 aliphatic rings. The minimum absolute atomic E-state index is 0.145. The Hall–Kier alpha value is -0.840. The van der Waals surface area contributed by atoms with Crippen LogP contribution in [0.25, 0.3) is 0 Å². The van der Waals surface area contributed by atoms with Gasteiger partial charge in [-0.1, -0.05) is 46.6 Å². The van der Waals surface area contributed by atoms with Crippen LogP contribution in [0.1, 0.15) is 29.7 Å². The summed E-state index contributed by atoms with van der Waals surface area (Å²) < 4.78 is 7.40. The Bertz CT molecular complexity index is 628. The van der Waals surface area contributed by atoms with E-state index in [1.807, 2.05) is 6.07 Å². The third-order valence-electron chi connectivity index (χ3n) is 3.38. The lowest BCUT2D eigenvalue weighted by Gasteiger charge is -2.21. The molecule has 0 saturated carbocycles. The lowest BCUT2D eigenvalue weighted by atomic mass is 9.97. The second kappa shape index (κ2) is 7.43. The molecule has 0 fully saturated rings. The molecule has 1 N–H and O–H groups in total. The highest BCUT2D eigenvalue weighted by Gasteiger charge is 2.17. The molecule has 2 rings (SSSR count). The average molecular weight is 413 g/mol. The molecule has 112 valence electrons. The molecule has 4 heteroatoms. The topological polar surface area (TPSA) is 21.3 Å². The molecule has 1 unspecified atom stereocenters. The van der Waals surface area contributed by atoms with Crippen LogP contribution in [0, 0.1) is 6.92 Å². The van der Waals surface area contributed by atoms with E-state index in [0.717, 1.165) is 21.2 Å². The van der Waals surface area contributed by atoms with Crippen LogP contribution in [0.2, 0.25) is 0 Å². The number of nitrogens with one attached hydrogen (secondary N) is 1. The zero-order chi connectivity index (χ0) is 15.4. The normalized spacial score (nSPS) is 12.2. The molecule has 0 aromatic heterocycles. The standard InChI is InChI=1S/C17H19Br2NO/c1-4-20-17(13-9-11(2)5-7-14(13)18)12-6-8-16(21-3)15(19)10-12/h5-10,17,20H,4H2,1-3H3. The van der Waals surface area contributed by atoms with Crippen LogP contribution in [0.3, 0.4) is 0 Å². The minimum Gasteiger partial charge on any atom is -0.496 e. The van der Waals surface area contributed by atoms with Gasteiger partial charge in [-0.05, 0) is 58.7 Å². The number of hydrogen-bond acceptors (Lipinski definition) is 2. The maximum atomic E-state index is 5.31. The molecular formula is C17H19Br2NO. The highest BCUT2D eigenvalue weighted by molar-refractivity contribution is 9.10. The summed E-state index contributed by atoms with van der Waals surface area (Å²) in [7, 11) is 1.68. The summed E-state index contributed by atoms with van der Waals surface area (Å²) in [6, 6.07) is 12.8. The first-order chi connectivity index (χ1) is 10.1. The summed E-state index contributed by atoms with van der Waals surface area (Å²) in [5.41, 5.74) is 3.70. The van der Waals surface area contributed by atoms with Gasteiger partial charge in [-0.3, -0.25) is 0 Å². The van der Waals surface area contributed by atoms with E-state index in [2.05, 4.69) is 81.4 Å². The molecule has 1 atom stereocenters. The second-order valence-corrected chi connectivity index (χ2v) is 6.62. The van der Waals surface area contributed by atoms with Crippen LogP contribution in [0.5, 0.6) is 5.75 Å². The number of rotatable bonds is 5. The molecule has 0 saturated heterocycles. The lowest BCUT2D eigenvalue weighted by molar-refractivity contribution is 0.412. The minimum atomic E-state index is 0.145. The average Bonchev–Trinajstić information content (AvgIpc) is 2.47. The number of benzene rings is 2. The molecule has 2 aromatic carbocycles. The fourth-order valence-electron chi connectivity index (χ4n) is 2.36. The Morgan fingerprint density at radius 3 is 2.48 bits per heavy atom. The van der Waals surface area contributed by atoms with Crippen LogP contribution in [0.4, 0.5) is 0 Å². The highest BCUT2D eigenvalue weighted by atomic mass is 79.9. The Balaban J connectivity index is 2.48. The van der Waals surface area contributed by atoms with Crippen LogP contribution in [-0.2, 0) is 0 Å². The monoisotopic (exact) mass is 411 g/mol. The van der Waals surface area contributed by atoms with Gasteiger partial charge < -0.3 is 10.1 Å². The van der Waals surface area contributed by atoms with Crippen LogP contribution in [0.15, 0.2) is 45.3 Å². The molecule has 0 radical (unpaired) electrons. The number of methoxy groups -OCH3 is 1. The van der Waals surface area contributed by atoms with Crippen molar-refractivity contribution in [1.29, 1.82) is 0 Å². The van der Waals surface area contributed by atoms with E-state index < -0.39 is 0 Å². The molecule has 2 nitrogen and oxygen atoms in total. The summed E-state index contributed by atoms with van der Waals surface area (Å²) in [4.78, 5) is 0. The first-order valence-corrected chi connectivity index (χ1v) is 8.48. The summed E-state index contributed by atoms with van der Waals surface area (Å²) in [5, 5.41) is 3.56. The van der Waals surface area contributed by atoms with Crippen LogP contribution < -0.4 is 10.1 Å². The molecule has 0 aliphatic heterocycles. The zero-order valence-electron chi connectivity index (χ0n) is 12.4. The largest absolute Gasteiger partial charge is 0.496 e. The SMILES string of the molecule is CCNC(c1ccc(OC)c(Br)c1)c1cc(C)ccc1Br. The molecule has 0 heterocycles. The molecule has 0 aliphatic carbocycles. The smallest absolute Gasteiger partial charge is 0.133 e. The number of aryl methyl sites for hydroxylation is 1. The van der Waals surface area contributed by atoms with Crippen LogP contribution >= 0.6 is 31.9 Å². The lowest BCUT2D eigenvalue weighted by Crippen LogP contribution is -2.22. The van der Waals surface area contributed by atoms with Gasteiger partial charge >= 0.3 is 0 Å². The number of hydrogen-bond donors (Lipinski definition) is 1. The van der Waals surface area contributed by atoms with Gasteiger partial charge in [0.25, 0.3) is 0 Å². The summed E-state index contributed by atoms with van der Waals surface area (Å²) in [5.74, 6) is 0.845. The molecule has 0 bridgehead atoms. The van der Waals surface area contributed by atoms with Crippen molar-refractivity contribution >= 4 is 31.9 Å². The number of halogens is 2. The van der Waals surface area contributed by atoms with E-state index in [1.54, 1.807) is 7.11 Å². The van der Waals surface area contributed by atoms with Crippen molar-refractivity contribution < 1.29 is 4.74 Å². The van der Waals surface area contributed by atoms with Gasteiger partial charge in [0.15, 0.2) is 0 Å². The third kappa shape index (κ3) is 3.87. The zero-order valence-corrected chi connectivity index (χ0v) is 15.6. The third-order valence-corrected chi connectivity index (χ3v) is 4.72. The van der Waals surface area contributed by atoms with Crippen molar-refractivity contribution in [3.8, 4) is 5.75 Å². The molecule has 21 heavy (non-hydrogen) atoms. The maximum absolute atomic E-state index is 5.31. The predicted octanol–water partition coefficient (Wildman–Crippen LogP) is 5.23. The van der Waals surface area contributed by atoms with Crippen molar-refractivity contribution in [2.24, 2.45) is 0 Å². The maximum Gasteiger partial charge on any atom is 0.133 e. The molecule has 2 aromatic rings. The Morgan fingerprint density at radius 1 is 1.10 bits per heavy atom. The van der Waals surface area contributed by atoms with Gasteiger partial charge in [0, 0.05) is 4.47 Å². The number of ether oxygens (including phenoxy) is 1. The van der Waals surface area contributed by atoms with E-state index in [4.69, 9.17) is 4.74 Å². The van der Waals surface area contributed by atoms with Crippen molar-refractivity contribution in [3.63, 3.8) is 0 Å². The van der Waals surface area contributed by atoms with Gasteiger partial charge in [0.05, 0.1) is 17.6 Å². The highest BCUT2D eigenvalue weighted by Crippen LogP contribution is 2.33. The van der Waals surface area contributed by atoms with Gasteiger partial charge in [-0.15, -0.1) is 0 Å². The molecular weight excluding hydrogens is 394 g/mol. The van der Waals surface area contributed by atoms with E-state index in [0.29, 0.717) is 0 Å². The van der Waals surface area contributed by atoms with Crippen molar-refractivity contribution in [1.82, 2.24) is 5.32 Å². The second-order valence-electron chi connectivity index (χ2n) is 4.91.